The first-order valence-corrected chi connectivity index (χ1v) is 24.2. The molecule has 0 fully saturated rings. The molecule has 0 amide bonds. The van der Waals surface area contributed by atoms with E-state index in [1.165, 1.54) is 32.3 Å². The SMILES string of the molecule is c1ccc(-c2nc(-c3cc(-c4cc5ccccc5c5ccccc45)cc(-c4cc5ccccc5c5ccccc45)c3)nc(-c3nc(-c4ccc5ccccc5c4)nc(-c4ccc5ccccc5c4)n3)n2)cc1. The van der Waals surface area contributed by atoms with Crippen LogP contribution >= 0.6 is 0 Å². The zero-order valence-corrected chi connectivity index (χ0v) is 38.8. The van der Waals surface area contributed by atoms with Crippen LogP contribution < -0.4 is 0 Å². The molecule has 0 aliphatic heterocycles. The van der Waals surface area contributed by atoms with Crippen LogP contribution in [0.4, 0.5) is 0 Å². The lowest BCUT2D eigenvalue weighted by Crippen LogP contribution is -2.06. The van der Waals surface area contributed by atoms with E-state index in [4.69, 9.17) is 29.9 Å². The van der Waals surface area contributed by atoms with E-state index in [9.17, 15) is 0 Å². The van der Waals surface area contributed by atoms with Crippen molar-refractivity contribution in [2.45, 2.75) is 0 Å². The molecule has 0 N–H and O–H groups in total. The Morgan fingerprint density at radius 3 is 0.972 bits per heavy atom. The molecule has 2 heterocycles. The van der Waals surface area contributed by atoms with Crippen LogP contribution in [0, 0.1) is 0 Å². The van der Waals surface area contributed by atoms with Gasteiger partial charge >= 0.3 is 0 Å². The van der Waals surface area contributed by atoms with E-state index in [0.717, 1.165) is 76.8 Å². The monoisotopic (exact) mass is 916 g/mol. The van der Waals surface area contributed by atoms with Crippen LogP contribution in [0.1, 0.15) is 0 Å². The van der Waals surface area contributed by atoms with Gasteiger partial charge in [-0.25, -0.2) is 29.9 Å². The minimum Gasteiger partial charge on any atom is -0.208 e. The van der Waals surface area contributed by atoms with Gasteiger partial charge < -0.3 is 0 Å². The van der Waals surface area contributed by atoms with Gasteiger partial charge in [0.2, 0.25) is 11.6 Å². The van der Waals surface area contributed by atoms with Crippen LogP contribution in [-0.2, 0) is 0 Å². The molecule has 2 aromatic heterocycles. The van der Waals surface area contributed by atoms with Crippen molar-refractivity contribution in [3.05, 3.63) is 243 Å². The molecule has 0 saturated carbocycles. The van der Waals surface area contributed by atoms with Crippen molar-refractivity contribution in [2.75, 3.05) is 0 Å². The summed E-state index contributed by atoms with van der Waals surface area (Å²) >= 11 is 0. The molecular weight excluding hydrogens is 877 g/mol. The van der Waals surface area contributed by atoms with Crippen molar-refractivity contribution in [2.24, 2.45) is 0 Å². The van der Waals surface area contributed by atoms with Crippen LogP contribution in [-0.4, -0.2) is 29.9 Å². The molecule has 0 radical (unpaired) electrons. The fraction of sp³-hybridized carbons (Fsp3) is 0. The maximum atomic E-state index is 5.39. The van der Waals surface area contributed by atoms with Crippen molar-refractivity contribution < 1.29 is 0 Å². The summed E-state index contributed by atoms with van der Waals surface area (Å²) in [5.41, 5.74) is 7.72. The minimum atomic E-state index is 0.338. The van der Waals surface area contributed by atoms with Gasteiger partial charge in [0.15, 0.2) is 23.3 Å². The Kier molecular flexibility index (Phi) is 9.74. The third kappa shape index (κ3) is 7.29. The maximum Gasteiger partial charge on any atom is 0.202 e. The van der Waals surface area contributed by atoms with E-state index in [1.54, 1.807) is 0 Å². The Morgan fingerprint density at radius 1 is 0.167 bits per heavy atom. The first-order chi connectivity index (χ1) is 35.6. The second-order valence-electron chi connectivity index (χ2n) is 18.3. The van der Waals surface area contributed by atoms with E-state index in [0.29, 0.717) is 34.9 Å². The number of rotatable bonds is 7. The molecule has 0 aliphatic carbocycles. The predicted octanol–water partition coefficient (Wildman–Crippen LogP) is 16.6. The zero-order valence-electron chi connectivity index (χ0n) is 38.8. The Balaban J connectivity index is 1.04. The normalized spacial score (nSPS) is 11.6. The molecule has 72 heavy (non-hydrogen) atoms. The highest BCUT2D eigenvalue weighted by Gasteiger charge is 2.21. The van der Waals surface area contributed by atoms with Crippen LogP contribution in [0.25, 0.3) is 144 Å². The van der Waals surface area contributed by atoms with Crippen molar-refractivity contribution in [3.63, 3.8) is 0 Å². The highest BCUT2D eigenvalue weighted by Crippen LogP contribution is 2.42. The molecule has 14 aromatic rings. The Hall–Kier alpha value is -9.78. The third-order valence-corrected chi connectivity index (χ3v) is 13.9. The molecule has 0 atom stereocenters. The summed E-state index contributed by atoms with van der Waals surface area (Å²) in [5, 5.41) is 13.9. The molecule has 0 saturated heterocycles. The van der Waals surface area contributed by atoms with Crippen molar-refractivity contribution in [1.29, 1.82) is 0 Å². The number of fused-ring (bicyclic) bond motifs is 8. The molecule has 0 aliphatic rings. The quantitative estimate of drug-likeness (QED) is 0.148. The van der Waals surface area contributed by atoms with Gasteiger partial charge in [-0.3, -0.25) is 0 Å². The first kappa shape index (κ1) is 41.2. The molecule has 6 nitrogen and oxygen atoms in total. The highest BCUT2D eigenvalue weighted by atomic mass is 15.1. The first-order valence-electron chi connectivity index (χ1n) is 24.2. The summed E-state index contributed by atoms with van der Waals surface area (Å²) in [4.78, 5) is 31.5. The smallest absolute Gasteiger partial charge is 0.202 e. The lowest BCUT2D eigenvalue weighted by Gasteiger charge is -2.16. The van der Waals surface area contributed by atoms with Gasteiger partial charge in [0.25, 0.3) is 0 Å². The predicted molar refractivity (Wildman–Crippen MR) is 296 cm³/mol. The number of benzene rings is 12. The maximum absolute atomic E-state index is 5.39. The average molecular weight is 917 g/mol. The molecule has 12 aromatic carbocycles. The lowest BCUT2D eigenvalue weighted by atomic mass is 9.88. The zero-order chi connectivity index (χ0) is 47.5. The van der Waals surface area contributed by atoms with E-state index < -0.39 is 0 Å². The minimum absolute atomic E-state index is 0.338. The molecule has 14 rings (SSSR count). The van der Waals surface area contributed by atoms with Crippen LogP contribution in [0.5, 0.6) is 0 Å². The van der Waals surface area contributed by atoms with Crippen molar-refractivity contribution >= 4 is 64.6 Å². The van der Waals surface area contributed by atoms with E-state index in [2.05, 4.69) is 200 Å². The highest BCUT2D eigenvalue weighted by molar-refractivity contribution is 6.16. The van der Waals surface area contributed by atoms with Crippen LogP contribution in [0.15, 0.2) is 243 Å². The number of hydrogen-bond donors (Lipinski definition) is 0. The van der Waals surface area contributed by atoms with Gasteiger partial charge in [-0.1, -0.05) is 200 Å². The summed E-state index contributed by atoms with van der Waals surface area (Å²) in [7, 11) is 0. The van der Waals surface area contributed by atoms with Gasteiger partial charge in [-0.05, 0) is 129 Å². The summed E-state index contributed by atoms with van der Waals surface area (Å²) in [6, 6.07) is 85.4. The van der Waals surface area contributed by atoms with Crippen LogP contribution in [0.2, 0.25) is 0 Å². The lowest BCUT2D eigenvalue weighted by molar-refractivity contribution is 1.00. The van der Waals surface area contributed by atoms with Gasteiger partial charge in [0, 0.05) is 22.3 Å². The fourth-order valence-electron chi connectivity index (χ4n) is 10.4. The summed E-state index contributed by atoms with van der Waals surface area (Å²) in [6.07, 6.45) is 0. The number of aromatic nitrogens is 6. The van der Waals surface area contributed by atoms with Crippen molar-refractivity contribution in [3.8, 4) is 79.5 Å². The molecule has 0 bridgehead atoms. The Labute approximate surface area is 414 Å². The van der Waals surface area contributed by atoms with Gasteiger partial charge in [0.1, 0.15) is 0 Å². The fourth-order valence-corrected chi connectivity index (χ4v) is 10.4. The van der Waals surface area contributed by atoms with Crippen LogP contribution in [0.3, 0.4) is 0 Å². The van der Waals surface area contributed by atoms with Crippen molar-refractivity contribution in [1.82, 2.24) is 29.9 Å². The molecule has 0 spiro atoms. The third-order valence-electron chi connectivity index (χ3n) is 13.9. The Morgan fingerprint density at radius 2 is 0.500 bits per heavy atom. The molecule has 334 valence electrons. The summed E-state index contributed by atoms with van der Waals surface area (Å²) < 4.78 is 0. The Bertz CT molecular complexity index is 4240. The van der Waals surface area contributed by atoms with E-state index in [-0.39, 0.29) is 0 Å². The molecular formula is C66H40N6. The van der Waals surface area contributed by atoms with E-state index >= 15 is 0 Å². The second-order valence-corrected chi connectivity index (χ2v) is 18.3. The number of nitrogens with zero attached hydrogens (tertiary/aromatic N) is 6. The standard InChI is InChI=1S/C66H40N6/c1-2-18-43(19-3-1)61-67-64(72-65(69-61)66-70-62(48-32-30-41-16-4-6-20-44(41)34-48)68-63(71-66)49-33-31-42-17-5-7-21-45(42)35-49)52-37-50(59-39-46-22-8-10-24-53(46)55-26-12-14-28-57(55)59)36-51(38-52)60-40-47-23-9-11-25-54(47)56-27-13-15-29-58(56)60/h1-40H. The summed E-state index contributed by atoms with van der Waals surface area (Å²) in [6.45, 7) is 0. The summed E-state index contributed by atoms with van der Waals surface area (Å²) in [5.74, 6) is 2.73. The van der Waals surface area contributed by atoms with Gasteiger partial charge in [-0.15, -0.1) is 0 Å². The number of hydrogen-bond acceptors (Lipinski definition) is 6. The second kappa shape index (κ2) is 17.0. The van der Waals surface area contributed by atoms with E-state index in [1.807, 2.05) is 42.5 Å². The van der Waals surface area contributed by atoms with Gasteiger partial charge in [0.05, 0.1) is 0 Å². The molecule has 0 unspecified atom stereocenters. The molecule has 6 heteroatoms. The largest absolute Gasteiger partial charge is 0.208 e. The topological polar surface area (TPSA) is 77.3 Å². The van der Waals surface area contributed by atoms with Gasteiger partial charge in [-0.2, -0.15) is 0 Å². The average Bonchev–Trinajstić information content (AvgIpc) is 3.46.